The fraction of sp³-hybridized carbons (Fsp3) is 1.00. The Hall–Kier alpha value is -0.120. The summed E-state index contributed by atoms with van der Waals surface area (Å²) in [6.07, 6.45) is 5.19. The molecule has 0 aromatic heterocycles. The molecule has 3 nitrogen and oxygen atoms in total. The van der Waals surface area contributed by atoms with Crippen molar-refractivity contribution < 1.29 is 4.74 Å². The molecule has 1 rings (SSSR count). The van der Waals surface area contributed by atoms with Crippen molar-refractivity contribution in [2.45, 2.75) is 44.8 Å². The summed E-state index contributed by atoms with van der Waals surface area (Å²) < 4.78 is 5.58. The largest absolute Gasteiger partial charge is 0.377 e. The van der Waals surface area contributed by atoms with Crippen LogP contribution in [0.15, 0.2) is 0 Å². The molecule has 3 heteroatoms. The van der Waals surface area contributed by atoms with Gasteiger partial charge >= 0.3 is 0 Å². The van der Waals surface area contributed by atoms with Gasteiger partial charge in [0, 0.05) is 25.7 Å². The highest BCUT2D eigenvalue weighted by molar-refractivity contribution is 4.71. The first-order chi connectivity index (χ1) is 6.72. The van der Waals surface area contributed by atoms with Crippen molar-refractivity contribution in [1.29, 1.82) is 0 Å². The van der Waals surface area contributed by atoms with Gasteiger partial charge in [0.2, 0.25) is 0 Å². The summed E-state index contributed by atoms with van der Waals surface area (Å²) in [6.45, 7) is 5.16. The smallest absolute Gasteiger partial charge is 0.0702 e. The molecule has 0 amide bonds. The zero-order valence-electron chi connectivity index (χ0n) is 9.54. The van der Waals surface area contributed by atoms with E-state index in [4.69, 9.17) is 10.5 Å². The van der Waals surface area contributed by atoms with Crippen molar-refractivity contribution in [2.75, 3.05) is 26.7 Å². The summed E-state index contributed by atoms with van der Waals surface area (Å²) in [7, 11) is 2.14. The van der Waals surface area contributed by atoms with Crippen LogP contribution in [0.1, 0.15) is 32.6 Å². The van der Waals surface area contributed by atoms with E-state index in [0.29, 0.717) is 12.1 Å². The Morgan fingerprint density at radius 1 is 1.57 bits per heavy atom. The Kier molecular flexibility index (Phi) is 5.45. The standard InChI is InChI=1S/C11H24N2O/c1-3-5-10(12)8-13(2)9-11-6-4-7-14-11/h10-11H,3-9,12H2,1-2H3. The molecular formula is C11H24N2O. The fourth-order valence-corrected chi connectivity index (χ4v) is 2.07. The van der Waals surface area contributed by atoms with Crippen molar-refractivity contribution >= 4 is 0 Å². The molecule has 1 saturated heterocycles. The van der Waals surface area contributed by atoms with Gasteiger partial charge in [-0.25, -0.2) is 0 Å². The van der Waals surface area contributed by atoms with Gasteiger partial charge in [0.05, 0.1) is 6.10 Å². The highest BCUT2D eigenvalue weighted by atomic mass is 16.5. The van der Waals surface area contributed by atoms with Crippen molar-refractivity contribution in [3.05, 3.63) is 0 Å². The van der Waals surface area contributed by atoms with Crippen LogP contribution in [0.5, 0.6) is 0 Å². The summed E-state index contributed by atoms with van der Waals surface area (Å²) >= 11 is 0. The van der Waals surface area contributed by atoms with Crippen LogP contribution in [0.3, 0.4) is 0 Å². The van der Waals surface area contributed by atoms with Gasteiger partial charge in [-0.3, -0.25) is 0 Å². The van der Waals surface area contributed by atoms with Gasteiger partial charge in [-0.15, -0.1) is 0 Å². The van der Waals surface area contributed by atoms with E-state index in [-0.39, 0.29) is 0 Å². The maximum Gasteiger partial charge on any atom is 0.0702 e. The first kappa shape index (κ1) is 12.0. The lowest BCUT2D eigenvalue weighted by molar-refractivity contribution is 0.0794. The molecule has 0 aromatic rings. The summed E-state index contributed by atoms with van der Waals surface area (Å²) in [5.74, 6) is 0. The van der Waals surface area contributed by atoms with Gasteiger partial charge in [-0.05, 0) is 26.3 Å². The number of rotatable bonds is 6. The predicted molar refractivity (Wildman–Crippen MR) is 59.4 cm³/mol. The minimum absolute atomic E-state index is 0.325. The number of hydrogen-bond acceptors (Lipinski definition) is 3. The van der Waals surface area contributed by atoms with Gasteiger partial charge in [0.15, 0.2) is 0 Å². The highest BCUT2D eigenvalue weighted by Crippen LogP contribution is 2.12. The first-order valence-corrected chi connectivity index (χ1v) is 5.78. The van der Waals surface area contributed by atoms with E-state index in [1.54, 1.807) is 0 Å². The lowest BCUT2D eigenvalue weighted by atomic mass is 10.1. The maximum atomic E-state index is 5.98. The molecule has 2 unspecified atom stereocenters. The molecule has 2 atom stereocenters. The SMILES string of the molecule is CCCC(N)CN(C)CC1CCCO1. The summed E-state index contributed by atoms with van der Waals surface area (Å²) in [4.78, 5) is 2.30. The number of ether oxygens (including phenoxy) is 1. The van der Waals surface area contributed by atoms with Crippen molar-refractivity contribution in [3.63, 3.8) is 0 Å². The lowest BCUT2D eigenvalue weighted by Gasteiger charge is -2.23. The molecule has 0 saturated carbocycles. The van der Waals surface area contributed by atoms with E-state index in [1.165, 1.54) is 19.3 Å². The number of hydrogen-bond donors (Lipinski definition) is 1. The normalized spacial score (nSPS) is 24.4. The average molecular weight is 200 g/mol. The van der Waals surface area contributed by atoms with E-state index < -0.39 is 0 Å². The molecule has 0 radical (unpaired) electrons. The molecule has 0 aliphatic carbocycles. The van der Waals surface area contributed by atoms with Gasteiger partial charge < -0.3 is 15.4 Å². The Labute approximate surface area is 87.6 Å². The fourth-order valence-electron chi connectivity index (χ4n) is 2.07. The molecule has 1 heterocycles. The number of likely N-dealkylation sites (N-methyl/N-ethyl adjacent to an activating group) is 1. The summed E-state index contributed by atoms with van der Waals surface area (Å²) in [5.41, 5.74) is 5.98. The second-order valence-electron chi connectivity index (χ2n) is 4.40. The van der Waals surface area contributed by atoms with Crippen LogP contribution in [-0.4, -0.2) is 43.8 Å². The minimum atomic E-state index is 0.325. The van der Waals surface area contributed by atoms with E-state index in [9.17, 15) is 0 Å². The molecular weight excluding hydrogens is 176 g/mol. The summed E-state index contributed by atoms with van der Waals surface area (Å²) in [5, 5.41) is 0. The number of nitrogens with two attached hydrogens (primary N) is 1. The monoisotopic (exact) mass is 200 g/mol. The zero-order chi connectivity index (χ0) is 10.4. The first-order valence-electron chi connectivity index (χ1n) is 5.78. The third kappa shape index (κ3) is 4.40. The van der Waals surface area contributed by atoms with Gasteiger partial charge in [-0.1, -0.05) is 13.3 Å². The minimum Gasteiger partial charge on any atom is -0.377 e. The van der Waals surface area contributed by atoms with Gasteiger partial charge in [0.25, 0.3) is 0 Å². The van der Waals surface area contributed by atoms with Crippen molar-refractivity contribution in [1.82, 2.24) is 4.90 Å². The maximum absolute atomic E-state index is 5.98. The lowest BCUT2D eigenvalue weighted by Crippen LogP contribution is -2.38. The Balaban J connectivity index is 2.10. The second kappa shape index (κ2) is 6.38. The van der Waals surface area contributed by atoms with E-state index in [2.05, 4.69) is 18.9 Å². The molecule has 1 aliphatic rings. The number of nitrogens with zero attached hydrogens (tertiary/aromatic N) is 1. The topological polar surface area (TPSA) is 38.5 Å². The predicted octanol–water partition coefficient (Wildman–Crippen LogP) is 1.22. The van der Waals surface area contributed by atoms with Crippen LogP contribution in [0.25, 0.3) is 0 Å². The third-order valence-electron chi connectivity index (χ3n) is 2.74. The van der Waals surface area contributed by atoms with Crippen LogP contribution in [0.2, 0.25) is 0 Å². The van der Waals surface area contributed by atoms with Crippen LogP contribution in [-0.2, 0) is 4.74 Å². The summed E-state index contributed by atoms with van der Waals surface area (Å²) in [6, 6.07) is 0.325. The van der Waals surface area contributed by atoms with Crippen LogP contribution < -0.4 is 5.73 Å². The Bertz CT molecular complexity index is 146. The molecule has 0 bridgehead atoms. The molecule has 2 N–H and O–H groups in total. The zero-order valence-corrected chi connectivity index (χ0v) is 9.54. The van der Waals surface area contributed by atoms with Gasteiger partial charge in [-0.2, -0.15) is 0 Å². The third-order valence-corrected chi connectivity index (χ3v) is 2.74. The van der Waals surface area contributed by atoms with Crippen LogP contribution in [0.4, 0.5) is 0 Å². The Morgan fingerprint density at radius 3 is 2.93 bits per heavy atom. The molecule has 1 aliphatic heterocycles. The highest BCUT2D eigenvalue weighted by Gasteiger charge is 2.17. The molecule has 14 heavy (non-hydrogen) atoms. The molecule has 0 aromatic carbocycles. The van der Waals surface area contributed by atoms with E-state index in [1.807, 2.05) is 0 Å². The quantitative estimate of drug-likeness (QED) is 0.701. The second-order valence-corrected chi connectivity index (χ2v) is 4.40. The van der Waals surface area contributed by atoms with E-state index in [0.717, 1.165) is 26.1 Å². The Morgan fingerprint density at radius 2 is 2.36 bits per heavy atom. The molecule has 1 fully saturated rings. The van der Waals surface area contributed by atoms with Crippen LogP contribution >= 0.6 is 0 Å². The average Bonchev–Trinajstić information content (AvgIpc) is 2.56. The van der Waals surface area contributed by atoms with Crippen molar-refractivity contribution in [2.24, 2.45) is 5.73 Å². The molecule has 0 spiro atoms. The molecule has 84 valence electrons. The van der Waals surface area contributed by atoms with Crippen molar-refractivity contribution in [3.8, 4) is 0 Å². The van der Waals surface area contributed by atoms with Gasteiger partial charge in [0.1, 0.15) is 0 Å². The van der Waals surface area contributed by atoms with Crippen LogP contribution in [0, 0.1) is 0 Å². The van der Waals surface area contributed by atoms with E-state index >= 15 is 0 Å².